The van der Waals surface area contributed by atoms with Gasteiger partial charge in [-0.1, -0.05) is 11.6 Å². The molecule has 1 amide bonds. The summed E-state index contributed by atoms with van der Waals surface area (Å²) in [6.45, 7) is 4.79. The van der Waals surface area contributed by atoms with Gasteiger partial charge in [-0.2, -0.15) is 0 Å². The van der Waals surface area contributed by atoms with Gasteiger partial charge < -0.3 is 10.4 Å². The number of aryl methyl sites for hydroxylation is 1. The van der Waals surface area contributed by atoms with Gasteiger partial charge >= 0.3 is 5.97 Å². The molecule has 1 aromatic carbocycles. The number of rotatable bonds is 3. The fourth-order valence-electron chi connectivity index (χ4n) is 1.22. The van der Waals surface area contributed by atoms with Crippen molar-refractivity contribution in [1.29, 1.82) is 0 Å². The topological polar surface area (TPSA) is 66.4 Å². The first kappa shape index (κ1) is 14.0. The van der Waals surface area contributed by atoms with Crippen LogP contribution in [-0.2, 0) is 4.79 Å². The Hall–Kier alpha value is -1.11. The summed E-state index contributed by atoms with van der Waals surface area (Å²) < 4.78 is 0.798. The lowest BCUT2D eigenvalue weighted by atomic mass is 10.0. The van der Waals surface area contributed by atoms with Crippen molar-refractivity contribution in [2.45, 2.75) is 26.3 Å². The zero-order valence-electron chi connectivity index (χ0n) is 9.87. The smallest absolute Gasteiger partial charge is 0.328 e. The number of aliphatic carboxylic acids is 1. The van der Waals surface area contributed by atoms with Crippen molar-refractivity contribution in [3.05, 3.63) is 32.9 Å². The molecular formula is C12H14INO3. The van der Waals surface area contributed by atoms with Crippen molar-refractivity contribution in [2.75, 3.05) is 0 Å². The summed E-state index contributed by atoms with van der Waals surface area (Å²) in [4.78, 5) is 22.9. The minimum atomic E-state index is -1.27. The molecule has 1 aromatic rings. The first-order valence-electron chi connectivity index (χ1n) is 5.06. The SMILES string of the molecule is Cc1ccc(I)c(C(=O)NC(C)(C)C(=O)O)c1. The van der Waals surface area contributed by atoms with Crippen LogP contribution in [0.1, 0.15) is 29.8 Å². The summed E-state index contributed by atoms with van der Waals surface area (Å²) in [6, 6.07) is 5.48. The fraction of sp³-hybridized carbons (Fsp3) is 0.333. The number of carbonyl (C=O) groups is 2. The van der Waals surface area contributed by atoms with Crippen LogP contribution in [0.2, 0.25) is 0 Å². The second-order valence-electron chi connectivity index (χ2n) is 4.37. The van der Waals surface area contributed by atoms with Crippen molar-refractivity contribution >= 4 is 34.5 Å². The quantitative estimate of drug-likeness (QED) is 0.824. The highest BCUT2D eigenvalue weighted by Gasteiger charge is 2.29. The Morgan fingerprint density at radius 3 is 2.47 bits per heavy atom. The van der Waals surface area contributed by atoms with E-state index in [2.05, 4.69) is 27.9 Å². The zero-order chi connectivity index (χ0) is 13.2. The van der Waals surface area contributed by atoms with Crippen LogP contribution in [0, 0.1) is 10.5 Å². The highest BCUT2D eigenvalue weighted by molar-refractivity contribution is 14.1. The molecule has 92 valence electrons. The number of benzene rings is 1. The largest absolute Gasteiger partial charge is 0.480 e. The summed E-state index contributed by atoms with van der Waals surface area (Å²) in [7, 11) is 0. The van der Waals surface area contributed by atoms with Gasteiger partial charge in [0.15, 0.2) is 0 Å². The van der Waals surface area contributed by atoms with Crippen LogP contribution in [0.5, 0.6) is 0 Å². The van der Waals surface area contributed by atoms with Crippen molar-refractivity contribution in [1.82, 2.24) is 5.32 Å². The number of carboxylic acid groups (broad SMARTS) is 1. The van der Waals surface area contributed by atoms with Crippen molar-refractivity contribution < 1.29 is 14.7 Å². The molecule has 0 aliphatic heterocycles. The first-order chi connectivity index (χ1) is 7.74. The monoisotopic (exact) mass is 347 g/mol. The molecule has 0 aromatic heterocycles. The van der Waals surface area contributed by atoms with E-state index >= 15 is 0 Å². The molecule has 0 aliphatic rings. The molecule has 17 heavy (non-hydrogen) atoms. The van der Waals surface area contributed by atoms with Crippen LogP contribution in [0.15, 0.2) is 18.2 Å². The Morgan fingerprint density at radius 2 is 1.94 bits per heavy atom. The Bertz CT molecular complexity index is 469. The van der Waals surface area contributed by atoms with Crippen LogP contribution in [0.25, 0.3) is 0 Å². The van der Waals surface area contributed by atoms with E-state index < -0.39 is 11.5 Å². The highest BCUT2D eigenvalue weighted by atomic mass is 127. The molecule has 0 saturated carbocycles. The Morgan fingerprint density at radius 1 is 1.35 bits per heavy atom. The zero-order valence-corrected chi connectivity index (χ0v) is 12.0. The number of carbonyl (C=O) groups excluding carboxylic acids is 1. The van der Waals surface area contributed by atoms with Gasteiger partial charge in [0.25, 0.3) is 5.91 Å². The Kier molecular flexibility index (Phi) is 4.13. The molecule has 0 aliphatic carbocycles. The van der Waals surface area contributed by atoms with Gasteiger partial charge in [0, 0.05) is 3.57 Å². The standard InChI is InChI=1S/C12H14INO3/c1-7-4-5-9(13)8(6-7)10(15)14-12(2,3)11(16)17/h4-6H,1-3H3,(H,14,15)(H,16,17). The number of halogens is 1. The van der Waals surface area contributed by atoms with E-state index in [0.717, 1.165) is 9.13 Å². The number of carboxylic acids is 1. The second-order valence-corrected chi connectivity index (χ2v) is 5.53. The molecule has 1 rings (SSSR count). The summed E-state index contributed by atoms with van der Waals surface area (Å²) in [5.41, 5.74) is 0.188. The van der Waals surface area contributed by atoms with Crippen LogP contribution in [0.3, 0.4) is 0 Å². The maximum absolute atomic E-state index is 12.0. The molecular weight excluding hydrogens is 333 g/mol. The molecule has 4 nitrogen and oxygen atoms in total. The summed E-state index contributed by atoms with van der Waals surface area (Å²) in [6.07, 6.45) is 0. The van der Waals surface area contributed by atoms with E-state index in [4.69, 9.17) is 5.11 Å². The van der Waals surface area contributed by atoms with Gasteiger partial charge in [0.05, 0.1) is 5.56 Å². The number of hydrogen-bond acceptors (Lipinski definition) is 2. The van der Waals surface area contributed by atoms with Crippen LogP contribution < -0.4 is 5.32 Å². The number of amides is 1. The minimum Gasteiger partial charge on any atom is -0.480 e. The summed E-state index contributed by atoms with van der Waals surface area (Å²) in [5, 5.41) is 11.4. The highest BCUT2D eigenvalue weighted by Crippen LogP contribution is 2.15. The Labute approximate surface area is 114 Å². The van der Waals surface area contributed by atoms with Crippen molar-refractivity contribution in [3.63, 3.8) is 0 Å². The average Bonchev–Trinajstić information content (AvgIpc) is 2.20. The van der Waals surface area contributed by atoms with E-state index in [9.17, 15) is 9.59 Å². The van der Waals surface area contributed by atoms with Gasteiger partial charge in [-0.15, -0.1) is 0 Å². The van der Waals surface area contributed by atoms with Gasteiger partial charge in [-0.3, -0.25) is 4.79 Å². The van der Waals surface area contributed by atoms with E-state index in [1.807, 2.05) is 19.1 Å². The lowest BCUT2D eigenvalue weighted by molar-refractivity contribution is -0.143. The van der Waals surface area contributed by atoms with E-state index in [1.165, 1.54) is 13.8 Å². The van der Waals surface area contributed by atoms with Crippen LogP contribution in [-0.4, -0.2) is 22.5 Å². The summed E-state index contributed by atoms with van der Waals surface area (Å²) >= 11 is 2.05. The minimum absolute atomic E-state index is 0.370. The molecule has 0 saturated heterocycles. The molecule has 2 N–H and O–H groups in total. The Balaban J connectivity index is 2.98. The molecule has 0 spiro atoms. The van der Waals surface area contributed by atoms with Crippen LogP contribution in [0.4, 0.5) is 0 Å². The lowest BCUT2D eigenvalue weighted by Crippen LogP contribution is -2.49. The normalized spacial score (nSPS) is 11.1. The van der Waals surface area contributed by atoms with E-state index in [1.54, 1.807) is 6.07 Å². The van der Waals surface area contributed by atoms with Gasteiger partial charge in [0.1, 0.15) is 5.54 Å². The van der Waals surface area contributed by atoms with Crippen LogP contribution >= 0.6 is 22.6 Å². The molecule has 5 heteroatoms. The van der Waals surface area contributed by atoms with Gasteiger partial charge in [0.2, 0.25) is 0 Å². The molecule has 0 fully saturated rings. The van der Waals surface area contributed by atoms with Gasteiger partial charge in [-0.25, -0.2) is 4.79 Å². The second kappa shape index (κ2) is 5.03. The third-order valence-corrected chi connectivity index (χ3v) is 3.27. The molecule has 0 atom stereocenters. The van der Waals surface area contributed by atoms with E-state index in [-0.39, 0.29) is 5.91 Å². The molecule has 0 bridgehead atoms. The molecule has 0 radical (unpaired) electrons. The maximum Gasteiger partial charge on any atom is 0.328 e. The third-order valence-electron chi connectivity index (χ3n) is 2.33. The third kappa shape index (κ3) is 3.42. The first-order valence-corrected chi connectivity index (χ1v) is 6.14. The lowest BCUT2D eigenvalue weighted by Gasteiger charge is -2.21. The predicted molar refractivity (Wildman–Crippen MR) is 73.1 cm³/mol. The number of hydrogen-bond donors (Lipinski definition) is 2. The summed E-state index contributed by atoms with van der Waals surface area (Å²) in [5.74, 6) is -1.43. The van der Waals surface area contributed by atoms with Crippen molar-refractivity contribution in [2.24, 2.45) is 0 Å². The molecule has 0 heterocycles. The fourth-order valence-corrected chi connectivity index (χ4v) is 1.80. The average molecular weight is 347 g/mol. The molecule has 0 unspecified atom stereocenters. The predicted octanol–water partition coefficient (Wildman–Crippen LogP) is 2.19. The van der Waals surface area contributed by atoms with Gasteiger partial charge in [-0.05, 0) is 55.5 Å². The number of nitrogens with one attached hydrogen (secondary N) is 1. The van der Waals surface area contributed by atoms with E-state index in [0.29, 0.717) is 5.56 Å². The maximum atomic E-state index is 12.0. The van der Waals surface area contributed by atoms with Crippen molar-refractivity contribution in [3.8, 4) is 0 Å².